The van der Waals surface area contributed by atoms with E-state index in [0.29, 0.717) is 0 Å². The molecule has 22 heavy (non-hydrogen) atoms. The Bertz CT molecular complexity index is 807. The third kappa shape index (κ3) is 4.03. The highest BCUT2D eigenvalue weighted by atomic mass is 16.3. The summed E-state index contributed by atoms with van der Waals surface area (Å²) in [7, 11) is 0. The summed E-state index contributed by atoms with van der Waals surface area (Å²) in [6.45, 7) is -0.138. The van der Waals surface area contributed by atoms with Crippen LogP contribution in [-0.2, 0) is 6.54 Å². The second kappa shape index (κ2) is 6.68. The van der Waals surface area contributed by atoms with Crippen LogP contribution < -0.4 is 22.1 Å². The van der Waals surface area contributed by atoms with Gasteiger partial charge in [0.15, 0.2) is 0 Å². The minimum Gasteiger partial charge on any atom is -0.389 e. The van der Waals surface area contributed by atoms with Crippen LogP contribution in [0.25, 0.3) is 0 Å². The molecule has 2 aromatic heterocycles. The maximum atomic E-state index is 11.8. The summed E-state index contributed by atoms with van der Waals surface area (Å²) >= 11 is 0. The lowest BCUT2D eigenvalue weighted by atomic mass is 10.3. The van der Waals surface area contributed by atoms with Crippen molar-refractivity contribution < 1.29 is 9.90 Å². The fourth-order valence-electron chi connectivity index (χ4n) is 1.80. The van der Waals surface area contributed by atoms with E-state index in [9.17, 15) is 24.3 Å². The van der Waals surface area contributed by atoms with Crippen molar-refractivity contribution in [1.82, 2.24) is 19.9 Å². The van der Waals surface area contributed by atoms with Crippen LogP contribution in [0.2, 0.25) is 0 Å². The molecule has 9 heteroatoms. The molecule has 0 fully saturated rings. The Balaban J connectivity index is 1.96. The van der Waals surface area contributed by atoms with E-state index in [1.165, 1.54) is 16.8 Å². The lowest BCUT2D eigenvalue weighted by molar-refractivity contribution is 0.0897. The molecule has 0 aliphatic heterocycles. The number of hydrogen-bond donors (Lipinski definition) is 4. The summed E-state index contributed by atoms with van der Waals surface area (Å²) in [5.74, 6) is -0.706. The largest absolute Gasteiger partial charge is 0.389 e. The molecule has 0 aromatic carbocycles. The van der Waals surface area contributed by atoms with Crippen molar-refractivity contribution in [2.45, 2.75) is 12.6 Å². The third-order valence-electron chi connectivity index (χ3n) is 2.81. The standard InChI is InChI=1S/C13H14N4O5/c18-8(7-17-4-2-1-3-11(17)20)6-14-12(21)9-5-10(19)16-13(22)15-9/h1-5,8,18H,6-7H2,(H,14,21)(H2,15,16,19,22). The number of pyridine rings is 1. The van der Waals surface area contributed by atoms with Gasteiger partial charge in [-0.05, 0) is 6.07 Å². The molecule has 2 aromatic rings. The van der Waals surface area contributed by atoms with E-state index >= 15 is 0 Å². The number of H-pyrrole nitrogens is 2. The third-order valence-corrected chi connectivity index (χ3v) is 2.81. The molecular weight excluding hydrogens is 292 g/mol. The first kappa shape index (κ1) is 15.4. The zero-order chi connectivity index (χ0) is 16.1. The van der Waals surface area contributed by atoms with Gasteiger partial charge >= 0.3 is 5.69 Å². The monoisotopic (exact) mass is 306 g/mol. The molecule has 2 rings (SSSR count). The van der Waals surface area contributed by atoms with Crippen molar-refractivity contribution in [3.63, 3.8) is 0 Å². The number of carbonyl (C=O) groups excluding carboxylic acids is 1. The number of aliphatic hydroxyl groups is 1. The van der Waals surface area contributed by atoms with Gasteiger partial charge in [0.1, 0.15) is 5.69 Å². The first-order valence-corrected chi connectivity index (χ1v) is 6.41. The van der Waals surface area contributed by atoms with Crippen molar-refractivity contribution in [2.24, 2.45) is 0 Å². The van der Waals surface area contributed by atoms with E-state index in [4.69, 9.17) is 0 Å². The summed E-state index contributed by atoms with van der Waals surface area (Å²) in [6.07, 6.45) is 0.513. The summed E-state index contributed by atoms with van der Waals surface area (Å²) in [5.41, 5.74) is -1.98. The van der Waals surface area contributed by atoms with Crippen molar-refractivity contribution in [1.29, 1.82) is 0 Å². The number of rotatable bonds is 5. The lowest BCUT2D eigenvalue weighted by Gasteiger charge is -2.13. The molecule has 1 amide bonds. The molecule has 116 valence electrons. The quantitative estimate of drug-likeness (QED) is 0.507. The van der Waals surface area contributed by atoms with E-state index in [0.717, 1.165) is 6.07 Å². The van der Waals surface area contributed by atoms with Gasteiger partial charge in [0.05, 0.1) is 12.6 Å². The van der Waals surface area contributed by atoms with Crippen molar-refractivity contribution in [3.8, 4) is 0 Å². The molecule has 0 saturated carbocycles. The minimum atomic E-state index is -1.00. The maximum absolute atomic E-state index is 11.8. The van der Waals surface area contributed by atoms with Gasteiger partial charge in [0, 0.05) is 24.9 Å². The normalized spacial score (nSPS) is 11.9. The highest BCUT2D eigenvalue weighted by molar-refractivity contribution is 5.92. The predicted molar refractivity (Wildman–Crippen MR) is 76.7 cm³/mol. The van der Waals surface area contributed by atoms with Crippen molar-refractivity contribution in [3.05, 3.63) is 67.3 Å². The Morgan fingerprint density at radius 1 is 1.27 bits per heavy atom. The predicted octanol–water partition coefficient (Wildman–Crippen LogP) is -1.98. The van der Waals surface area contributed by atoms with Crippen molar-refractivity contribution >= 4 is 5.91 Å². The van der Waals surface area contributed by atoms with E-state index in [1.54, 1.807) is 12.1 Å². The van der Waals surface area contributed by atoms with Gasteiger partial charge in [0.2, 0.25) is 0 Å². The maximum Gasteiger partial charge on any atom is 0.326 e. The Kier molecular flexibility index (Phi) is 4.69. The number of hydrogen-bond acceptors (Lipinski definition) is 5. The lowest BCUT2D eigenvalue weighted by Crippen LogP contribution is -2.38. The van der Waals surface area contributed by atoms with Crippen LogP contribution in [-0.4, -0.2) is 38.2 Å². The Labute approximate surface area is 123 Å². The number of nitrogens with zero attached hydrogens (tertiary/aromatic N) is 1. The molecule has 9 nitrogen and oxygen atoms in total. The van der Waals surface area contributed by atoms with Crippen LogP contribution in [0.5, 0.6) is 0 Å². The Morgan fingerprint density at radius 3 is 2.73 bits per heavy atom. The van der Waals surface area contributed by atoms with Gasteiger partial charge in [-0.15, -0.1) is 0 Å². The van der Waals surface area contributed by atoms with Gasteiger partial charge < -0.3 is 20.0 Å². The van der Waals surface area contributed by atoms with E-state index in [1.807, 2.05) is 4.98 Å². The number of aromatic nitrogens is 3. The fourth-order valence-corrected chi connectivity index (χ4v) is 1.80. The molecule has 2 heterocycles. The van der Waals surface area contributed by atoms with Gasteiger partial charge in [0.25, 0.3) is 17.0 Å². The van der Waals surface area contributed by atoms with Gasteiger partial charge in [-0.2, -0.15) is 0 Å². The molecule has 0 bridgehead atoms. The first-order valence-electron chi connectivity index (χ1n) is 6.41. The summed E-state index contributed by atoms with van der Waals surface area (Å²) in [4.78, 5) is 49.5. The molecule has 1 atom stereocenters. The number of aromatic amines is 2. The van der Waals surface area contributed by atoms with E-state index in [2.05, 4.69) is 10.3 Å². The first-order chi connectivity index (χ1) is 10.5. The Hall–Kier alpha value is -2.94. The minimum absolute atomic E-state index is 0.00580. The zero-order valence-corrected chi connectivity index (χ0v) is 11.4. The van der Waals surface area contributed by atoms with Crippen molar-refractivity contribution in [2.75, 3.05) is 6.54 Å². The second-order valence-electron chi connectivity index (χ2n) is 4.56. The van der Waals surface area contributed by atoms with Crippen LogP contribution in [0, 0.1) is 0 Å². The number of nitrogens with one attached hydrogen (secondary N) is 3. The molecule has 4 N–H and O–H groups in total. The van der Waals surface area contributed by atoms with Gasteiger partial charge in [-0.3, -0.25) is 19.4 Å². The van der Waals surface area contributed by atoms with Gasteiger partial charge in [-0.1, -0.05) is 6.07 Å². The summed E-state index contributed by atoms with van der Waals surface area (Å²) < 4.78 is 1.30. The molecule has 1 unspecified atom stereocenters. The topological polar surface area (TPSA) is 137 Å². The number of carbonyl (C=O) groups is 1. The number of aliphatic hydroxyl groups excluding tert-OH is 1. The van der Waals surface area contributed by atoms with Crippen LogP contribution in [0.4, 0.5) is 0 Å². The summed E-state index contributed by atoms with van der Waals surface area (Å²) in [6, 6.07) is 5.51. The van der Waals surface area contributed by atoms with Gasteiger partial charge in [-0.25, -0.2) is 4.79 Å². The SMILES string of the molecule is O=C(NCC(O)Cn1ccccc1=O)c1cc(=O)[nH]c(=O)[nH]1. The molecular formula is C13H14N4O5. The van der Waals surface area contributed by atoms with Crippen LogP contribution in [0.15, 0.2) is 44.8 Å². The van der Waals surface area contributed by atoms with Crippen LogP contribution in [0.3, 0.4) is 0 Å². The smallest absolute Gasteiger partial charge is 0.326 e. The van der Waals surface area contributed by atoms with E-state index in [-0.39, 0.29) is 24.3 Å². The summed E-state index contributed by atoms with van der Waals surface area (Å²) in [5, 5.41) is 12.2. The number of amides is 1. The average molecular weight is 306 g/mol. The fraction of sp³-hybridized carbons (Fsp3) is 0.231. The average Bonchev–Trinajstić information content (AvgIpc) is 2.46. The van der Waals surface area contributed by atoms with Crippen LogP contribution in [0.1, 0.15) is 10.5 Å². The molecule has 0 saturated heterocycles. The highest BCUT2D eigenvalue weighted by Crippen LogP contribution is 1.91. The zero-order valence-electron chi connectivity index (χ0n) is 11.4. The Morgan fingerprint density at radius 2 is 2.05 bits per heavy atom. The highest BCUT2D eigenvalue weighted by Gasteiger charge is 2.11. The second-order valence-corrected chi connectivity index (χ2v) is 4.56. The molecule has 0 aliphatic carbocycles. The molecule has 0 radical (unpaired) electrons. The molecule has 0 aliphatic rings. The van der Waals surface area contributed by atoms with E-state index < -0.39 is 23.3 Å². The molecule has 0 spiro atoms. The van der Waals surface area contributed by atoms with Crippen LogP contribution >= 0.6 is 0 Å².